The zero-order valence-corrected chi connectivity index (χ0v) is 14.2. The summed E-state index contributed by atoms with van der Waals surface area (Å²) in [6, 6.07) is 0. The molecule has 0 saturated heterocycles. The summed E-state index contributed by atoms with van der Waals surface area (Å²) in [5.41, 5.74) is 0. The van der Waals surface area contributed by atoms with Gasteiger partial charge in [0, 0.05) is 6.54 Å². The molecule has 0 atom stereocenters. The molecule has 0 rings (SSSR count). The van der Waals surface area contributed by atoms with Crippen molar-refractivity contribution in [2.75, 3.05) is 13.1 Å². The topological polar surface area (TPSA) is 74.7 Å². The van der Waals surface area contributed by atoms with Crippen LogP contribution in [0.4, 0.5) is 57.1 Å². The Morgan fingerprint density at radius 1 is 0.759 bits per heavy atom. The van der Waals surface area contributed by atoms with E-state index in [0.29, 0.717) is 6.92 Å². The third kappa shape index (κ3) is 3.81. The highest BCUT2D eigenvalue weighted by atomic mass is 32.2. The first kappa shape index (κ1) is 27.5. The number of rotatable bonds is 9. The first-order chi connectivity index (χ1) is 12.4. The van der Waals surface area contributed by atoms with Gasteiger partial charge in [0.05, 0.1) is 0 Å². The van der Waals surface area contributed by atoms with Crippen LogP contribution in [0.15, 0.2) is 0 Å². The fraction of sp³-hybridized carbons (Fsp3) is 0.900. The first-order valence-electron chi connectivity index (χ1n) is 6.55. The standard InChI is InChI=1S/C10H8F13NO4S/c1-2-24(3-4(25)26)29(27,28)10(22,23)8(17,18)6(13,14)5(11,12)7(15,16)9(19,20)21/h2-3H2,1H3,(H,25,26). The Morgan fingerprint density at radius 3 is 1.38 bits per heavy atom. The zero-order chi connectivity index (χ0) is 24.1. The molecule has 19 heteroatoms. The van der Waals surface area contributed by atoms with E-state index in [-0.39, 0.29) is 0 Å². The summed E-state index contributed by atoms with van der Waals surface area (Å²) in [6.07, 6.45) is -7.64. The zero-order valence-electron chi connectivity index (χ0n) is 13.4. The number of carboxylic acids is 1. The van der Waals surface area contributed by atoms with E-state index in [9.17, 15) is 70.3 Å². The van der Waals surface area contributed by atoms with E-state index in [0.717, 1.165) is 0 Å². The third-order valence-corrected chi connectivity index (χ3v) is 5.20. The molecule has 0 aromatic carbocycles. The summed E-state index contributed by atoms with van der Waals surface area (Å²) in [4.78, 5) is 10.4. The van der Waals surface area contributed by atoms with Gasteiger partial charge in [-0.1, -0.05) is 6.92 Å². The van der Waals surface area contributed by atoms with Gasteiger partial charge in [0.25, 0.3) is 10.0 Å². The number of alkyl halides is 13. The van der Waals surface area contributed by atoms with E-state index in [1.807, 2.05) is 0 Å². The Hall–Kier alpha value is -1.53. The highest BCUT2D eigenvalue weighted by Crippen LogP contribution is 2.61. The number of hydrogen-bond donors (Lipinski definition) is 1. The Bertz CT molecular complexity index is 730. The molecule has 29 heavy (non-hydrogen) atoms. The van der Waals surface area contributed by atoms with Gasteiger partial charge in [0.15, 0.2) is 0 Å². The summed E-state index contributed by atoms with van der Waals surface area (Å²) in [5.74, 6) is -34.9. The van der Waals surface area contributed by atoms with E-state index in [4.69, 9.17) is 5.11 Å². The van der Waals surface area contributed by atoms with Crippen molar-refractivity contribution in [1.82, 2.24) is 4.31 Å². The van der Waals surface area contributed by atoms with E-state index < -0.39 is 68.5 Å². The van der Waals surface area contributed by atoms with Gasteiger partial charge < -0.3 is 5.11 Å². The maximum absolute atomic E-state index is 13.7. The average molecular weight is 485 g/mol. The second kappa shape index (κ2) is 7.31. The Labute approximate surface area is 152 Å². The Balaban J connectivity index is 6.68. The quantitative estimate of drug-likeness (QED) is 0.509. The molecule has 0 aromatic heterocycles. The first-order valence-corrected chi connectivity index (χ1v) is 7.99. The minimum atomic E-state index is -8.29. The van der Waals surface area contributed by atoms with E-state index in [1.54, 1.807) is 0 Å². The van der Waals surface area contributed by atoms with Gasteiger partial charge in [-0.25, -0.2) is 8.42 Å². The molecular formula is C10H8F13NO4S. The molecule has 0 spiro atoms. The molecule has 1 N–H and O–H groups in total. The van der Waals surface area contributed by atoms with Crippen molar-refractivity contribution in [3.8, 4) is 0 Å². The maximum Gasteiger partial charge on any atom is 0.460 e. The van der Waals surface area contributed by atoms with E-state index in [1.165, 1.54) is 0 Å². The van der Waals surface area contributed by atoms with Crippen LogP contribution >= 0.6 is 0 Å². The van der Waals surface area contributed by atoms with E-state index in [2.05, 4.69) is 0 Å². The Morgan fingerprint density at radius 2 is 1.10 bits per heavy atom. The predicted molar refractivity (Wildman–Crippen MR) is 64.6 cm³/mol. The molecule has 5 nitrogen and oxygen atoms in total. The maximum atomic E-state index is 13.7. The fourth-order valence-electron chi connectivity index (χ4n) is 1.60. The minimum absolute atomic E-state index is 0.499. The summed E-state index contributed by atoms with van der Waals surface area (Å²) < 4.78 is 190. The van der Waals surface area contributed by atoms with Crippen LogP contribution in [0.2, 0.25) is 0 Å². The number of halogens is 13. The summed E-state index contributed by atoms with van der Waals surface area (Å²) in [5, 5.41) is 0.857. The van der Waals surface area contributed by atoms with Gasteiger partial charge >= 0.3 is 41.1 Å². The number of likely N-dealkylation sites (N-methyl/N-ethyl adjacent to an activating group) is 1. The van der Waals surface area contributed by atoms with Crippen molar-refractivity contribution in [2.45, 2.75) is 42.0 Å². The van der Waals surface area contributed by atoms with Crippen molar-refractivity contribution in [3.05, 3.63) is 0 Å². The number of hydrogen-bond acceptors (Lipinski definition) is 3. The molecule has 0 aliphatic heterocycles. The number of sulfonamides is 1. The predicted octanol–water partition coefficient (Wildman–Crippen LogP) is 3.42. The summed E-state index contributed by atoms with van der Waals surface area (Å²) in [6.45, 7) is -3.04. The van der Waals surface area contributed by atoms with Crippen molar-refractivity contribution >= 4 is 16.0 Å². The molecule has 0 heterocycles. The summed E-state index contributed by atoms with van der Waals surface area (Å²) in [7, 11) is -7.30. The van der Waals surface area contributed by atoms with Gasteiger partial charge in [-0.3, -0.25) is 4.79 Å². The van der Waals surface area contributed by atoms with Crippen molar-refractivity contribution in [2.24, 2.45) is 0 Å². The third-order valence-electron chi connectivity index (χ3n) is 3.23. The van der Waals surface area contributed by atoms with E-state index >= 15 is 0 Å². The van der Waals surface area contributed by atoms with Gasteiger partial charge in [-0.05, 0) is 0 Å². The van der Waals surface area contributed by atoms with Gasteiger partial charge in [0.1, 0.15) is 6.54 Å². The van der Waals surface area contributed by atoms with Crippen molar-refractivity contribution in [3.63, 3.8) is 0 Å². The molecule has 0 radical (unpaired) electrons. The van der Waals surface area contributed by atoms with Crippen molar-refractivity contribution in [1.29, 1.82) is 0 Å². The van der Waals surface area contributed by atoms with Crippen LogP contribution in [0.25, 0.3) is 0 Å². The fourth-order valence-corrected chi connectivity index (χ4v) is 2.99. The van der Waals surface area contributed by atoms with Crippen LogP contribution in [0.3, 0.4) is 0 Å². The molecule has 0 fully saturated rings. The summed E-state index contributed by atoms with van der Waals surface area (Å²) >= 11 is 0. The van der Waals surface area contributed by atoms with Crippen LogP contribution in [-0.2, 0) is 14.8 Å². The normalized spacial score (nSPS) is 15.7. The molecule has 0 unspecified atom stereocenters. The second-order valence-electron chi connectivity index (χ2n) is 5.14. The second-order valence-corrected chi connectivity index (χ2v) is 7.12. The number of aliphatic carboxylic acids is 1. The van der Waals surface area contributed by atoms with Crippen LogP contribution in [0.1, 0.15) is 6.92 Å². The van der Waals surface area contributed by atoms with Gasteiger partial charge in [-0.15, -0.1) is 0 Å². The van der Waals surface area contributed by atoms with Crippen molar-refractivity contribution < 1.29 is 75.4 Å². The van der Waals surface area contributed by atoms with Crippen LogP contribution in [0, 0.1) is 0 Å². The number of carboxylic acid groups (broad SMARTS) is 1. The Kier molecular flexibility index (Phi) is 6.92. The number of carbonyl (C=O) groups is 1. The molecular weight excluding hydrogens is 477 g/mol. The monoisotopic (exact) mass is 485 g/mol. The van der Waals surface area contributed by atoms with Crippen LogP contribution < -0.4 is 0 Å². The highest BCUT2D eigenvalue weighted by molar-refractivity contribution is 7.90. The minimum Gasteiger partial charge on any atom is -0.480 e. The molecule has 0 amide bonds. The van der Waals surface area contributed by atoms with Crippen LogP contribution in [-0.4, -0.2) is 72.0 Å². The molecule has 0 saturated carbocycles. The van der Waals surface area contributed by atoms with Gasteiger partial charge in [0.2, 0.25) is 0 Å². The molecule has 0 aliphatic carbocycles. The lowest BCUT2D eigenvalue weighted by molar-refractivity contribution is -0.433. The lowest BCUT2D eigenvalue weighted by atomic mass is 9.98. The lowest BCUT2D eigenvalue weighted by Crippen LogP contribution is -2.72. The highest BCUT2D eigenvalue weighted by Gasteiger charge is 2.92. The van der Waals surface area contributed by atoms with Gasteiger partial charge in [-0.2, -0.15) is 61.4 Å². The molecule has 0 bridgehead atoms. The SMILES string of the molecule is CCN(CC(=O)O)S(=O)(=O)C(F)(F)C(F)(F)C(F)(F)C(F)(F)C(F)(F)C(F)(F)F. The number of nitrogens with zero attached hydrogens (tertiary/aromatic N) is 1. The smallest absolute Gasteiger partial charge is 0.460 e. The lowest BCUT2D eigenvalue weighted by Gasteiger charge is -2.40. The van der Waals surface area contributed by atoms with Crippen LogP contribution in [0.5, 0.6) is 0 Å². The largest absolute Gasteiger partial charge is 0.480 e. The molecule has 174 valence electrons. The molecule has 0 aliphatic rings. The molecule has 0 aromatic rings. The average Bonchev–Trinajstić information content (AvgIpc) is 2.49.